The zero-order valence-corrected chi connectivity index (χ0v) is 9.59. The molecule has 0 aliphatic carbocycles. The second kappa shape index (κ2) is 3.64. The summed E-state index contributed by atoms with van der Waals surface area (Å²) in [4.78, 5) is 0. The molecule has 0 aliphatic heterocycles. The molecule has 0 spiro atoms. The van der Waals surface area contributed by atoms with E-state index in [2.05, 4.69) is 29.5 Å². The van der Waals surface area contributed by atoms with E-state index in [0.29, 0.717) is 3.55 Å². The van der Waals surface area contributed by atoms with Gasteiger partial charge in [-0.2, -0.15) is 0 Å². The predicted molar refractivity (Wildman–Crippen MR) is 51.4 cm³/mol. The van der Waals surface area contributed by atoms with Gasteiger partial charge in [0.1, 0.15) is 0 Å². The molecule has 0 aromatic heterocycles. The van der Waals surface area contributed by atoms with E-state index in [1.807, 2.05) is 6.55 Å². The molecule has 8 heavy (non-hydrogen) atoms. The van der Waals surface area contributed by atoms with E-state index in [-0.39, 0.29) is 0 Å². The Morgan fingerprint density at radius 3 is 2.00 bits per heavy atom. The molecule has 0 aliphatic rings. The van der Waals surface area contributed by atoms with Crippen LogP contribution >= 0.6 is 44.7 Å². The zero-order valence-electron chi connectivity index (χ0n) is 4.92. The summed E-state index contributed by atoms with van der Waals surface area (Å²) in [6.45, 7) is 2.23. The number of alkyl halides is 1. The highest BCUT2D eigenvalue weighted by atomic mass is 127. The SMILES string of the molecule is CCC(I)[Si](C)(Cl)Cl. The van der Waals surface area contributed by atoms with Gasteiger partial charge in [0.05, 0.1) is 0 Å². The first kappa shape index (κ1) is 9.53. The van der Waals surface area contributed by atoms with Gasteiger partial charge in [0.2, 0.25) is 0 Å². The summed E-state index contributed by atoms with van der Waals surface area (Å²) in [5, 5.41) is 0. The van der Waals surface area contributed by atoms with Gasteiger partial charge in [-0.3, -0.25) is 0 Å². The van der Waals surface area contributed by atoms with Gasteiger partial charge in [-0.25, -0.2) is 0 Å². The van der Waals surface area contributed by atoms with E-state index in [0.717, 1.165) is 6.42 Å². The van der Waals surface area contributed by atoms with Crippen LogP contribution in [0.3, 0.4) is 0 Å². The highest BCUT2D eigenvalue weighted by Crippen LogP contribution is 2.27. The van der Waals surface area contributed by atoms with Crippen LogP contribution in [0.25, 0.3) is 0 Å². The summed E-state index contributed by atoms with van der Waals surface area (Å²) in [5.41, 5.74) is 0. The van der Waals surface area contributed by atoms with Gasteiger partial charge >= 0.3 is 0 Å². The molecular weight excluding hydrogens is 274 g/mol. The summed E-state index contributed by atoms with van der Waals surface area (Å²) < 4.78 is 0.489. The molecule has 0 amide bonds. The molecule has 0 saturated heterocycles. The first-order valence-electron chi connectivity index (χ1n) is 2.50. The zero-order chi connectivity index (χ0) is 6.78. The van der Waals surface area contributed by atoms with Crippen LogP contribution in [0.5, 0.6) is 0 Å². The van der Waals surface area contributed by atoms with Crippen LogP contribution in [0.1, 0.15) is 13.3 Å². The molecule has 0 nitrogen and oxygen atoms in total. The molecule has 1 atom stereocenters. The molecule has 0 bridgehead atoms. The van der Waals surface area contributed by atoms with Gasteiger partial charge in [-0.1, -0.05) is 29.5 Å². The highest BCUT2D eigenvalue weighted by molar-refractivity contribution is 14.1. The van der Waals surface area contributed by atoms with Gasteiger partial charge in [0, 0.05) is 3.55 Å². The fourth-order valence-corrected chi connectivity index (χ4v) is 2.00. The second-order valence-corrected chi connectivity index (χ2v) is 12.4. The van der Waals surface area contributed by atoms with E-state index < -0.39 is 6.69 Å². The molecule has 50 valence electrons. The first-order chi connectivity index (χ1) is 3.48. The van der Waals surface area contributed by atoms with E-state index in [9.17, 15) is 0 Å². The third kappa shape index (κ3) is 3.53. The maximum atomic E-state index is 5.88. The monoisotopic (exact) mass is 282 g/mol. The normalized spacial score (nSPS) is 16.1. The van der Waals surface area contributed by atoms with Crippen molar-refractivity contribution in [1.29, 1.82) is 0 Å². The molecule has 0 saturated carbocycles. The molecule has 0 N–H and O–H groups in total. The molecule has 0 radical (unpaired) electrons. The minimum absolute atomic E-state index is 0.489. The Bertz CT molecular complexity index is 70.9. The molecule has 0 aromatic carbocycles. The van der Waals surface area contributed by atoms with Crippen molar-refractivity contribution in [3.05, 3.63) is 0 Å². The molecule has 0 rings (SSSR count). The lowest BCUT2D eigenvalue weighted by atomic mass is 10.6. The van der Waals surface area contributed by atoms with Crippen molar-refractivity contribution in [2.75, 3.05) is 0 Å². The van der Waals surface area contributed by atoms with E-state index in [4.69, 9.17) is 22.2 Å². The van der Waals surface area contributed by atoms with E-state index in [1.54, 1.807) is 0 Å². The van der Waals surface area contributed by atoms with Crippen molar-refractivity contribution < 1.29 is 0 Å². The predicted octanol–water partition coefficient (Wildman–Crippen LogP) is 3.29. The Balaban J connectivity index is 3.62. The fourth-order valence-electron chi connectivity index (χ4n) is 0.358. The smallest absolute Gasteiger partial charge is 0.145 e. The van der Waals surface area contributed by atoms with Crippen molar-refractivity contribution in [3.8, 4) is 0 Å². The maximum absolute atomic E-state index is 5.88. The third-order valence-electron chi connectivity index (χ3n) is 0.908. The molecule has 4 heteroatoms. The van der Waals surface area contributed by atoms with E-state index >= 15 is 0 Å². The van der Waals surface area contributed by atoms with Gasteiger partial charge in [-0.05, 0) is 13.0 Å². The van der Waals surface area contributed by atoms with Crippen LogP contribution in [-0.2, 0) is 0 Å². The Kier molecular flexibility index (Phi) is 4.33. The molecule has 0 fully saturated rings. The average Bonchev–Trinajstić information content (AvgIpc) is 1.62. The number of hydrogen-bond acceptors (Lipinski definition) is 0. The number of rotatable bonds is 2. The molecule has 1 unspecified atom stereocenters. The van der Waals surface area contributed by atoms with Crippen molar-refractivity contribution in [2.24, 2.45) is 0 Å². The van der Waals surface area contributed by atoms with Crippen LogP contribution in [0, 0.1) is 0 Å². The van der Waals surface area contributed by atoms with E-state index in [1.165, 1.54) is 0 Å². The maximum Gasteiger partial charge on any atom is 0.260 e. The molecule has 0 aromatic rings. The van der Waals surface area contributed by atoms with Gasteiger partial charge in [-0.15, -0.1) is 22.2 Å². The van der Waals surface area contributed by atoms with Crippen LogP contribution in [0.15, 0.2) is 0 Å². The summed E-state index contributed by atoms with van der Waals surface area (Å²) in [6.07, 6.45) is 1.08. The number of halogens is 3. The lowest BCUT2D eigenvalue weighted by molar-refractivity contribution is 1.06. The minimum atomic E-state index is -1.83. The van der Waals surface area contributed by atoms with Gasteiger partial charge in [0.25, 0.3) is 6.69 Å². The largest absolute Gasteiger partial charge is 0.260 e. The standard InChI is InChI=1S/C4H9Cl2ISi/c1-3-4(7)8(2,5)6/h4H,3H2,1-2H3. The van der Waals surface area contributed by atoms with Crippen molar-refractivity contribution in [2.45, 2.75) is 23.4 Å². The summed E-state index contributed by atoms with van der Waals surface area (Å²) in [6, 6.07) is 0. The lowest BCUT2D eigenvalue weighted by Gasteiger charge is -2.14. The Hall–Kier alpha value is 1.53. The fraction of sp³-hybridized carbons (Fsp3) is 1.00. The Morgan fingerprint density at radius 1 is 1.62 bits per heavy atom. The van der Waals surface area contributed by atoms with Gasteiger partial charge in [0.15, 0.2) is 0 Å². The van der Waals surface area contributed by atoms with Crippen LogP contribution in [0.4, 0.5) is 0 Å². The summed E-state index contributed by atoms with van der Waals surface area (Å²) >= 11 is 14.1. The quantitative estimate of drug-likeness (QED) is 0.316. The first-order valence-corrected chi connectivity index (χ1v) is 8.35. The Morgan fingerprint density at radius 2 is 2.00 bits per heavy atom. The van der Waals surface area contributed by atoms with Gasteiger partial charge < -0.3 is 0 Å². The molecular formula is C4H9Cl2ISi. The lowest BCUT2D eigenvalue weighted by Crippen LogP contribution is -2.26. The minimum Gasteiger partial charge on any atom is -0.145 e. The number of hydrogen-bond donors (Lipinski definition) is 0. The third-order valence-corrected chi connectivity index (χ3v) is 10.8. The Labute approximate surface area is 74.5 Å². The summed E-state index contributed by atoms with van der Waals surface area (Å²) in [7, 11) is 0. The van der Waals surface area contributed by atoms with Crippen molar-refractivity contribution >= 4 is 51.4 Å². The molecule has 0 heterocycles. The van der Waals surface area contributed by atoms with Crippen LogP contribution < -0.4 is 0 Å². The summed E-state index contributed by atoms with van der Waals surface area (Å²) in [5.74, 6) is 0. The van der Waals surface area contributed by atoms with Crippen LogP contribution in [0.2, 0.25) is 6.55 Å². The van der Waals surface area contributed by atoms with Crippen LogP contribution in [-0.4, -0.2) is 10.2 Å². The van der Waals surface area contributed by atoms with Crippen molar-refractivity contribution in [3.63, 3.8) is 0 Å². The topological polar surface area (TPSA) is 0 Å². The average molecular weight is 283 g/mol. The van der Waals surface area contributed by atoms with Crippen molar-refractivity contribution in [1.82, 2.24) is 0 Å². The second-order valence-electron chi connectivity index (χ2n) is 1.83. The highest BCUT2D eigenvalue weighted by Gasteiger charge is 2.29.